The summed E-state index contributed by atoms with van der Waals surface area (Å²) in [7, 11) is 1.57. The van der Waals surface area contributed by atoms with Crippen LogP contribution in [0.5, 0.6) is 11.5 Å². The summed E-state index contributed by atoms with van der Waals surface area (Å²) in [6.07, 6.45) is 1.66. The van der Waals surface area contributed by atoms with E-state index in [0.29, 0.717) is 18.1 Å². The Kier molecular flexibility index (Phi) is 5.19. The number of esters is 1. The fraction of sp³-hybridized carbons (Fsp3) is 0.158. The third-order valence-electron chi connectivity index (χ3n) is 3.48. The summed E-state index contributed by atoms with van der Waals surface area (Å²) >= 11 is 3.39. The number of aliphatic imine (C=N–C) groups is 1. The van der Waals surface area contributed by atoms with Crippen molar-refractivity contribution in [2.24, 2.45) is 4.99 Å². The summed E-state index contributed by atoms with van der Waals surface area (Å²) in [5, 5.41) is 0. The van der Waals surface area contributed by atoms with Crippen LogP contribution in [-0.2, 0) is 9.53 Å². The summed E-state index contributed by atoms with van der Waals surface area (Å²) in [4.78, 5) is 16.4. The smallest absolute Gasteiger partial charge is 0.363 e. The van der Waals surface area contributed by atoms with E-state index in [1.807, 2.05) is 37.3 Å². The van der Waals surface area contributed by atoms with Gasteiger partial charge in [0.1, 0.15) is 0 Å². The van der Waals surface area contributed by atoms with Gasteiger partial charge in [0.15, 0.2) is 17.2 Å². The monoisotopic (exact) mass is 401 g/mol. The molecular weight excluding hydrogens is 386 g/mol. The highest BCUT2D eigenvalue weighted by molar-refractivity contribution is 9.10. The van der Waals surface area contributed by atoms with Crippen LogP contribution in [0.4, 0.5) is 0 Å². The first-order valence-corrected chi connectivity index (χ1v) is 8.49. The largest absolute Gasteiger partial charge is 0.493 e. The zero-order valence-electron chi connectivity index (χ0n) is 13.8. The fourth-order valence-electron chi connectivity index (χ4n) is 2.36. The molecule has 0 aromatic heterocycles. The average Bonchev–Trinajstić information content (AvgIpc) is 2.97. The van der Waals surface area contributed by atoms with E-state index < -0.39 is 5.97 Å². The molecule has 0 aliphatic carbocycles. The number of ether oxygens (including phenoxy) is 3. The van der Waals surface area contributed by atoms with Crippen molar-refractivity contribution in [2.75, 3.05) is 13.7 Å². The van der Waals surface area contributed by atoms with Gasteiger partial charge in [-0.05, 0) is 48.9 Å². The fourth-order valence-corrected chi connectivity index (χ4v) is 2.76. The molecule has 1 aliphatic heterocycles. The first-order chi connectivity index (χ1) is 12.1. The maximum atomic E-state index is 12.1. The van der Waals surface area contributed by atoms with Gasteiger partial charge in [0.05, 0.1) is 13.7 Å². The van der Waals surface area contributed by atoms with E-state index in [1.54, 1.807) is 25.3 Å². The van der Waals surface area contributed by atoms with E-state index in [-0.39, 0.29) is 11.6 Å². The molecule has 5 nitrogen and oxygen atoms in total. The SMILES string of the molecule is CCOc1ccc(/C=C2/N=C(c3cccc(Br)c3)OC2=O)cc1OC. The van der Waals surface area contributed by atoms with E-state index in [4.69, 9.17) is 14.2 Å². The van der Waals surface area contributed by atoms with Crippen molar-refractivity contribution in [3.8, 4) is 11.5 Å². The minimum absolute atomic E-state index is 0.237. The number of hydrogen-bond acceptors (Lipinski definition) is 5. The standard InChI is InChI=1S/C19H16BrNO4/c1-3-24-16-8-7-12(10-17(16)23-2)9-15-19(22)25-18(21-15)13-5-4-6-14(20)11-13/h4-11H,3H2,1-2H3/b15-9+. The zero-order valence-corrected chi connectivity index (χ0v) is 15.4. The quantitative estimate of drug-likeness (QED) is 0.556. The number of carbonyl (C=O) groups is 1. The Labute approximate surface area is 154 Å². The van der Waals surface area contributed by atoms with Crippen molar-refractivity contribution in [2.45, 2.75) is 6.92 Å². The van der Waals surface area contributed by atoms with E-state index in [2.05, 4.69) is 20.9 Å². The lowest BCUT2D eigenvalue weighted by atomic mass is 10.1. The van der Waals surface area contributed by atoms with Gasteiger partial charge in [0, 0.05) is 10.0 Å². The minimum Gasteiger partial charge on any atom is -0.493 e. The molecule has 128 valence electrons. The van der Waals surface area contributed by atoms with E-state index in [0.717, 1.165) is 15.6 Å². The minimum atomic E-state index is -0.483. The summed E-state index contributed by atoms with van der Waals surface area (Å²) in [5.74, 6) is 1.05. The predicted molar refractivity (Wildman–Crippen MR) is 98.9 cm³/mol. The van der Waals surface area contributed by atoms with E-state index >= 15 is 0 Å². The first kappa shape index (κ1) is 17.2. The highest BCUT2D eigenvalue weighted by Crippen LogP contribution is 2.29. The lowest BCUT2D eigenvalue weighted by Crippen LogP contribution is -2.05. The molecule has 25 heavy (non-hydrogen) atoms. The Morgan fingerprint density at radius 3 is 2.76 bits per heavy atom. The Bertz CT molecular complexity index is 873. The van der Waals surface area contributed by atoms with Gasteiger partial charge in [-0.3, -0.25) is 0 Å². The molecule has 0 saturated heterocycles. The summed E-state index contributed by atoms with van der Waals surface area (Å²) in [6.45, 7) is 2.45. The van der Waals surface area contributed by atoms with Crippen molar-refractivity contribution in [1.29, 1.82) is 0 Å². The van der Waals surface area contributed by atoms with Crippen LogP contribution in [0.25, 0.3) is 6.08 Å². The summed E-state index contributed by atoms with van der Waals surface area (Å²) < 4.78 is 17.0. The highest BCUT2D eigenvalue weighted by atomic mass is 79.9. The average molecular weight is 402 g/mol. The molecule has 0 unspecified atom stereocenters. The van der Waals surface area contributed by atoms with Gasteiger partial charge in [0.25, 0.3) is 0 Å². The Hall–Kier alpha value is -2.60. The van der Waals surface area contributed by atoms with Gasteiger partial charge >= 0.3 is 5.97 Å². The molecule has 0 spiro atoms. The van der Waals surface area contributed by atoms with Crippen LogP contribution in [0.2, 0.25) is 0 Å². The summed E-state index contributed by atoms with van der Waals surface area (Å²) in [6, 6.07) is 12.8. The van der Waals surface area contributed by atoms with E-state index in [9.17, 15) is 4.79 Å². The normalized spacial score (nSPS) is 15.1. The second-order valence-electron chi connectivity index (χ2n) is 5.19. The molecule has 2 aromatic carbocycles. The molecule has 0 bridgehead atoms. The molecular formula is C19H16BrNO4. The maximum absolute atomic E-state index is 12.1. The maximum Gasteiger partial charge on any atom is 0.363 e. The summed E-state index contributed by atoms with van der Waals surface area (Å²) in [5.41, 5.74) is 1.74. The topological polar surface area (TPSA) is 57.1 Å². The van der Waals surface area contributed by atoms with Crippen LogP contribution in [0, 0.1) is 0 Å². The van der Waals surface area contributed by atoms with Gasteiger partial charge in [0.2, 0.25) is 5.90 Å². The van der Waals surface area contributed by atoms with Crippen molar-refractivity contribution < 1.29 is 19.0 Å². The van der Waals surface area contributed by atoms with Crippen LogP contribution in [0.15, 0.2) is 57.6 Å². The van der Waals surface area contributed by atoms with Crippen LogP contribution >= 0.6 is 15.9 Å². The number of carbonyl (C=O) groups excluding carboxylic acids is 1. The van der Waals surface area contributed by atoms with Crippen molar-refractivity contribution in [3.05, 3.63) is 63.8 Å². The zero-order chi connectivity index (χ0) is 17.8. The Morgan fingerprint density at radius 2 is 2.04 bits per heavy atom. The Balaban J connectivity index is 1.91. The molecule has 0 atom stereocenters. The Morgan fingerprint density at radius 1 is 1.20 bits per heavy atom. The van der Waals surface area contributed by atoms with Crippen molar-refractivity contribution in [1.82, 2.24) is 0 Å². The number of rotatable bonds is 5. The van der Waals surface area contributed by atoms with Gasteiger partial charge in [-0.15, -0.1) is 0 Å². The molecule has 3 rings (SSSR count). The third-order valence-corrected chi connectivity index (χ3v) is 3.98. The molecule has 2 aromatic rings. The molecule has 0 N–H and O–H groups in total. The van der Waals surface area contributed by atoms with Crippen LogP contribution < -0.4 is 9.47 Å². The van der Waals surface area contributed by atoms with Crippen molar-refractivity contribution >= 4 is 33.9 Å². The second kappa shape index (κ2) is 7.53. The molecule has 0 radical (unpaired) electrons. The molecule has 1 heterocycles. The van der Waals surface area contributed by atoms with E-state index in [1.165, 1.54) is 0 Å². The first-order valence-electron chi connectivity index (χ1n) is 7.70. The van der Waals surface area contributed by atoms with Gasteiger partial charge in [-0.25, -0.2) is 9.79 Å². The number of methoxy groups -OCH3 is 1. The van der Waals surface area contributed by atoms with Crippen LogP contribution in [-0.4, -0.2) is 25.6 Å². The number of hydrogen-bond donors (Lipinski definition) is 0. The predicted octanol–water partition coefficient (Wildman–Crippen LogP) is 4.20. The number of benzene rings is 2. The number of nitrogens with zero attached hydrogens (tertiary/aromatic N) is 1. The number of halogens is 1. The van der Waals surface area contributed by atoms with Crippen molar-refractivity contribution in [3.63, 3.8) is 0 Å². The lowest BCUT2D eigenvalue weighted by molar-refractivity contribution is -0.129. The molecule has 6 heteroatoms. The lowest BCUT2D eigenvalue weighted by Gasteiger charge is -2.09. The molecule has 0 saturated carbocycles. The molecule has 0 fully saturated rings. The van der Waals surface area contributed by atoms with Gasteiger partial charge in [-0.1, -0.05) is 28.1 Å². The molecule has 1 aliphatic rings. The second-order valence-corrected chi connectivity index (χ2v) is 6.11. The van der Waals surface area contributed by atoms with Gasteiger partial charge < -0.3 is 14.2 Å². The number of cyclic esters (lactones) is 1. The highest BCUT2D eigenvalue weighted by Gasteiger charge is 2.24. The third kappa shape index (κ3) is 3.91. The van der Waals surface area contributed by atoms with Gasteiger partial charge in [-0.2, -0.15) is 0 Å². The molecule has 0 amide bonds. The van der Waals surface area contributed by atoms with Crippen LogP contribution in [0.1, 0.15) is 18.1 Å². The van der Waals surface area contributed by atoms with Crippen LogP contribution in [0.3, 0.4) is 0 Å².